The number of aryl methyl sites for hydroxylation is 1. The van der Waals surface area contributed by atoms with E-state index in [1.54, 1.807) is 24.5 Å². The summed E-state index contributed by atoms with van der Waals surface area (Å²) in [5.74, 6) is 0.335. The van der Waals surface area contributed by atoms with Crippen molar-refractivity contribution < 1.29 is 14.0 Å². The Morgan fingerprint density at radius 2 is 1.82 bits per heavy atom. The molecule has 0 aliphatic rings. The standard InChI is InChI=1S/C16H17ClN2O3/c17-13-5-3-12(4-6-13)10-18-16(21)11-19-15(20)8-7-14-2-1-9-22-14/h1-6,9H,7-8,10-11H2,(H,18,21)(H,19,20). The van der Waals surface area contributed by atoms with Gasteiger partial charge in [0.2, 0.25) is 11.8 Å². The minimum absolute atomic E-state index is 0.0371. The number of amides is 2. The Labute approximate surface area is 133 Å². The quantitative estimate of drug-likeness (QED) is 0.822. The fraction of sp³-hybridized carbons (Fsp3) is 0.250. The summed E-state index contributed by atoms with van der Waals surface area (Å²) in [5, 5.41) is 5.96. The molecule has 0 unspecified atom stereocenters. The lowest BCUT2D eigenvalue weighted by atomic mass is 10.2. The van der Waals surface area contributed by atoms with E-state index < -0.39 is 0 Å². The van der Waals surface area contributed by atoms with E-state index >= 15 is 0 Å². The SMILES string of the molecule is O=C(CCc1ccco1)NCC(=O)NCc1ccc(Cl)cc1. The molecule has 2 aromatic rings. The molecule has 1 aromatic carbocycles. The second-order valence-corrected chi connectivity index (χ2v) is 5.20. The van der Waals surface area contributed by atoms with E-state index in [0.29, 0.717) is 18.0 Å². The van der Waals surface area contributed by atoms with Crippen LogP contribution in [0.15, 0.2) is 47.1 Å². The molecule has 0 atom stereocenters. The summed E-state index contributed by atoms with van der Waals surface area (Å²) in [5.41, 5.74) is 0.946. The first-order valence-corrected chi connectivity index (χ1v) is 7.31. The summed E-state index contributed by atoms with van der Waals surface area (Å²) in [6.45, 7) is 0.364. The fourth-order valence-electron chi connectivity index (χ4n) is 1.82. The molecule has 2 N–H and O–H groups in total. The number of benzene rings is 1. The summed E-state index contributed by atoms with van der Waals surface area (Å²) >= 11 is 5.78. The molecule has 5 nitrogen and oxygen atoms in total. The maximum absolute atomic E-state index is 11.7. The zero-order valence-corrected chi connectivity index (χ0v) is 12.7. The Kier molecular flexibility index (Phi) is 6.03. The number of nitrogens with one attached hydrogen (secondary N) is 2. The zero-order chi connectivity index (χ0) is 15.8. The highest BCUT2D eigenvalue weighted by Crippen LogP contribution is 2.09. The first-order valence-electron chi connectivity index (χ1n) is 6.94. The van der Waals surface area contributed by atoms with Crippen molar-refractivity contribution in [2.24, 2.45) is 0 Å². The Morgan fingerprint density at radius 3 is 2.50 bits per heavy atom. The molecular weight excluding hydrogens is 304 g/mol. The molecule has 1 heterocycles. The van der Waals surface area contributed by atoms with Gasteiger partial charge in [-0.1, -0.05) is 23.7 Å². The zero-order valence-electron chi connectivity index (χ0n) is 12.0. The Balaban J connectivity index is 1.62. The topological polar surface area (TPSA) is 71.3 Å². The molecule has 0 radical (unpaired) electrons. The molecule has 0 saturated heterocycles. The number of hydrogen-bond acceptors (Lipinski definition) is 3. The predicted octanol–water partition coefficient (Wildman–Crippen LogP) is 2.30. The maximum atomic E-state index is 11.7. The molecule has 1 aromatic heterocycles. The van der Waals surface area contributed by atoms with Gasteiger partial charge in [0.05, 0.1) is 12.8 Å². The number of rotatable bonds is 7. The van der Waals surface area contributed by atoms with Crippen molar-refractivity contribution in [3.8, 4) is 0 Å². The van der Waals surface area contributed by atoms with Crippen LogP contribution in [0.2, 0.25) is 5.02 Å². The van der Waals surface area contributed by atoms with Crippen LogP contribution in [0.5, 0.6) is 0 Å². The highest BCUT2D eigenvalue weighted by atomic mass is 35.5. The van der Waals surface area contributed by atoms with Crippen molar-refractivity contribution in [3.05, 3.63) is 59.0 Å². The monoisotopic (exact) mass is 320 g/mol. The van der Waals surface area contributed by atoms with Crippen molar-refractivity contribution in [1.82, 2.24) is 10.6 Å². The van der Waals surface area contributed by atoms with E-state index in [0.717, 1.165) is 11.3 Å². The van der Waals surface area contributed by atoms with Crippen LogP contribution in [-0.2, 0) is 22.6 Å². The van der Waals surface area contributed by atoms with Crippen molar-refractivity contribution >= 4 is 23.4 Å². The van der Waals surface area contributed by atoms with Crippen LogP contribution in [-0.4, -0.2) is 18.4 Å². The Hall–Kier alpha value is -2.27. The smallest absolute Gasteiger partial charge is 0.239 e. The third-order valence-electron chi connectivity index (χ3n) is 3.03. The highest BCUT2D eigenvalue weighted by Gasteiger charge is 2.06. The minimum Gasteiger partial charge on any atom is -0.469 e. The number of hydrogen-bond donors (Lipinski definition) is 2. The van der Waals surface area contributed by atoms with Gasteiger partial charge in [0, 0.05) is 24.4 Å². The summed E-state index contributed by atoms with van der Waals surface area (Å²) in [7, 11) is 0. The number of carbonyl (C=O) groups is 2. The van der Waals surface area contributed by atoms with E-state index in [9.17, 15) is 9.59 Å². The molecule has 0 saturated carbocycles. The Morgan fingerprint density at radius 1 is 1.05 bits per heavy atom. The molecule has 2 rings (SSSR count). The van der Waals surface area contributed by atoms with Gasteiger partial charge in [-0.05, 0) is 29.8 Å². The average molecular weight is 321 g/mol. The molecule has 6 heteroatoms. The van der Waals surface area contributed by atoms with Gasteiger partial charge in [-0.2, -0.15) is 0 Å². The first kappa shape index (κ1) is 16.1. The van der Waals surface area contributed by atoms with Gasteiger partial charge < -0.3 is 15.1 Å². The van der Waals surface area contributed by atoms with Gasteiger partial charge in [0.15, 0.2) is 0 Å². The van der Waals surface area contributed by atoms with Crippen LogP contribution in [0.1, 0.15) is 17.7 Å². The minimum atomic E-state index is -0.235. The number of halogens is 1. The molecule has 22 heavy (non-hydrogen) atoms. The van der Waals surface area contributed by atoms with E-state index in [-0.39, 0.29) is 24.8 Å². The number of carbonyl (C=O) groups excluding carboxylic acids is 2. The maximum Gasteiger partial charge on any atom is 0.239 e. The molecule has 0 spiro atoms. The van der Waals surface area contributed by atoms with E-state index in [4.69, 9.17) is 16.0 Å². The van der Waals surface area contributed by atoms with Crippen LogP contribution >= 0.6 is 11.6 Å². The summed E-state index contributed by atoms with van der Waals surface area (Å²) in [4.78, 5) is 23.3. The van der Waals surface area contributed by atoms with Crippen LogP contribution < -0.4 is 10.6 Å². The van der Waals surface area contributed by atoms with Gasteiger partial charge in [-0.25, -0.2) is 0 Å². The van der Waals surface area contributed by atoms with Gasteiger partial charge >= 0.3 is 0 Å². The van der Waals surface area contributed by atoms with Crippen LogP contribution in [0.4, 0.5) is 0 Å². The normalized spacial score (nSPS) is 10.2. The van der Waals surface area contributed by atoms with Crippen molar-refractivity contribution in [2.75, 3.05) is 6.54 Å². The third kappa shape index (κ3) is 5.61. The lowest BCUT2D eigenvalue weighted by Crippen LogP contribution is -2.36. The van der Waals surface area contributed by atoms with Crippen LogP contribution in [0, 0.1) is 0 Å². The lowest BCUT2D eigenvalue weighted by Gasteiger charge is -2.07. The predicted molar refractivity (Wildman–Crippen MR) is 83.3 cm³/mol. The molecule has 116 valence electrons. The van der Waals surface area contributed by atoms with Gasteiger partial charge in [-0.15, -0.1) is 0 Å². The molecule has 0 bridgehead atoms. The van der Waals surface area contributed by atoms with Crippen LogP contribution in [0.3, 0.4) is 0 Å². The van der Waals surface area contributed by atoms with Crippen molar-refractivity contribution in [3.63, 3.8) is 0 Å². The third-order valence-corrected chi connectivity index (χ3v) is 3.28. The summed E-state index contributed by atoms with van der Waals surface area (Å²) in [6.07, 6.45) is 2.38. The molecule has 2 amide bonds. The van der Waals surface area contributed by atoms with Gasteiger partial charge in [-0.3, -0.25) is 9.59 Å². The van der Waals surface area contributed by atoms with E-state index in [1.165, 1.54) is 0 Å². The van der Waals surface area contributed by atoms with Crippen molar-refractivity contribution in [1.29, 1.82) is 0 Å². The lowest BCUT2D eigenvalue weighted by molar-refractivity contribution is -0.126. The summed E-state index contributed by atoms with van der Waals surface area (Å²) in [6, 6.07) is 10.8. The van der Waals surface area contributed by atoms with E-state index in [1.807, 2.05) is 18.2 Å². The second-order valence-electron chi connectivity index (χ2n) is 4.76. The van der Waals surface area contributed by atoms with Crippen molar-refractivity contribution in [2.45, 2.75) is 19.4 Å². The van der Waals surface area contributed by atoms with E-state index in [2.05, 4.69) is 10.6 Å². The average Bonchev–Trinajstić information content (AvgIpc) is 3.04. The molecule has 0 aliphatic carbocycles. The highest BCUT2D eigenvalue weighted by molar-refractivity contribution is 6.30. The fourth-order valence-corrected chi connectivity index (χ4v) is 1.95. The van der Waals surface area contributed by atoms with Gasteiger partial charge in [0.25, 0.3) is 0 Å². The van der Waals surface area contributed by atoms with Gasteiger partial charge in [0.1, 0.15) is 5.76 Å². The largest absolute Gasteiger partial charge is 0.469 e. The Bertz CT molecular complexity index is 609. The van der Waals surface area contributed by atoms with Crippen LogP contribution in [0.25, 0.3) is 0 Å². The first-order chi connectivity index (χ1) is 10.6. The second kappa shape index (κ2) is 8.24. The molecule has 0 fully saturated rings. The summed E-state index contributed by atoms with van der Waals surface area (Å²) < 4.78 is 5.14. The number of furan rings is 1. The molecular formula is C16H17ClN2O3. The molecule has 0 aliphatic heterocycles.